The number of carbonyl (C=O) groups excluding carboxylic acids is 3. The van der Waals surface area contributed by atoms with Crippen molar-refractivity contribution >= 4 is 29.2 Å². The number of esters is 1. The van der Waals surface area contributed by atoms with Gasteiger partial charge in [0.15, 0.2) is 0 Å². The zero-order chi connectivity index (χ0) is 19.1. The van der Waals surface area contributed by atoms with Crippen molar-refractivity contribution in [3.63, 3.8) is 0 Å². The molecule has 2 N–H and O–H groups in total. The first-order valence-electron chi connectivity index (χ1n) is 8.40. The molecule has 2 rings (SSSR count). The lowest BCUT2D eigenvalue weighted by Gasteiger charge is -2.09. The van der Waals surface area contributed by atoms with Crippen LogP contribution in [0.5, 0.6) is 0 Å². The molecule has 0 aromatic heterocycles. The van der Waals surface area contributed by atoms with Crippen LogP contribution >= 0.6 is 0 Å². The minimum atomic E-state index is -0.790. The summed E-state index contributed by atoms with van der Waals surface area (Å²) in [5, 5.41) is 5.04. The normalized spacial score (nSPS) is 10.3. The number of anilines is 2. The maximum Gasteiger partial charge on any atom is 0.338 e. The maximum atomic E-state index is 12.0. The third kappa shape index (κ3) is 5.17. The second-order valence-electron chi connectivity index (χ2n) is 5.98. The molecule has 0 aliphatic heterocycles. The molecule has 0 heterocycles. The lowest BCUT2D eigenvalue weighted by molar-refractivity contribution is -0.132. The molecule has 2 amide bonds. The maximum absolute atomic E-state index is 12.0. The average molecular weight is 354 g/mol. The van der Waals surface area contributed by atoms with Crippen LogP contribution in [0.25, 0.3) is 0 Å². The molecular formula is C20H22N2O4. The van der Waals surface area contributed by atoms with E-state index in [-0.39, 0.29) is 6.61 Å². The highest BCUT2D eigenvalue weighted by atomic mass is 16.5. The summed E-state index contributed by atoms with van der Waals surface area (Å²) in [4.78, 5) is 35.6. The van der Waals surface area contributed by atoms with Gasteiger partial charge >= 0.3 is 17.8 Å². The number of rotatable bonds is 5. The molecule has 26 heavy (non-hydrogen) atoms. The number of amides is 2. The molecule has 0 unspecified atom stereocenters. The number of hydrogen-bond acceptors (Lipinski definition) is 4. The van der Waals surface area contributed by atoms with Gasteiger partial charge < -0.3 is 15.4 Å². The van der Waals surface area contributed by atoms with Gasteiger partial charge in [-0.15, -0.1) is 0 Å². The van der Waals surface area contributed by atoms with Crippen LogP contribution in [-0.2, 0) is 14.3 Å². The van der Waals surface area contributed by atoms with E-state index >= 15 is 0 Å². The molecule has 0 aliphatic carbocycles. The van der Waals surface area contributed by atoms with Gasteiger partial charge in [-0.2, -0.15) is 0 Å². The van der Waals surface area contributed by atoms with Crippen molar-refractivity contribution in [1.29, 1.82) is 0 Å². The monoisotopic (exact) mass is 354 g/mol. The molecule has 0 fully saturated rings. The number of nitrogens with one attached hydrogen (secondary N) is 2. The summed E-state index contributed by atoms with van der Waals surface area (Å²) in [5.41, 5.74) is 2.48. The molecule has 0 bridgehead atoms. The predicted molar refractivity (Wildman–Crippen MR) is 100 cm³/mol. The highest BCUT2D eigenvalue weighted by Crippen LogP contribution is 2.17. The molecule has 0 saturated heterocycles. The molecule has 136 valence electrons. The first-order valence-corrected chi connectivity index (χ1v) is 8.40. The zero-order valence-electron chi connectivity index (χ0n) is 15.0. The molecule has 0 saturated carbocycles. The van der Waals surface area contributed by atoms with Crippen LogP contribution in [0.2, 0.25) is 0 Å². The van der Waals surface area contributed by atoms with E-state index in [1.54, 1.807) is 19.1 Å². The van der Waals surface area contributed by atoms with Crippen LogP contribution in [-0.4, -0.2) is 24.4 Å². The van der Waals surface area contributed by atoms with Gasteiger partial charge in [-0.05, 0) is 54.8 Å². The topological polar surface area (TPSA) is 84.5 Å². The second kappa shape index (κ2) is 8.80. The second-order valence-corrected chi connectivity index (χ2v) is 5.98. The van der Waals surface area contributed by atoms with Crippen LogP contribution in [0, 0.1) is 0 Å². The van der Waals surface area contributed by atoms with Crippen LogP contribution in [0.3, 0.4) is 0 Å². The third-order valence-electron chi connectivity index (χ3n) is 3.70. The fourth-order valence-corrected chi connectivity index (χ4v) is 2.23. The molecule has 2 aromatic carbocycles. The van der Waals surface area contributed by atoms with Gasteiger partial charge in [-0.1, -0.05) is 26.0 Å². The summed E-state index contributed by atoms with van der Waals surface area (Å²) in [5.74, 6) is -1.60. The Morgan fingerprint density at radius 1 is 0.846 bits per heavy atom. The van der Waals surface area contributed by atoms with E-state index in [0.29, 0.717) is 22.9 Å². The van der Waals surface area contributed by atoms with E-state index in [9.17, 15) is 14.4 Å². The predicted octanol–water partition coefficient (Wildman–Crippen LogP) is 3.56. The first kappa shape index (κ1) is 19.2. The fraction of sp³-hybridized carbons (Fsp3) is 0.250. The van der Waals surface area contributed by atoms with E-state index in [4.69, 9.17) is 4.74 Å². The largest absolute Gasteiger partial charge is 0.462 e. The van der Waals surface area contributed by atoms with Gasteiger partial charge in [-0.25, -0.2) is 4.79 Å². The van der Waals surface area contributed by atoms with Crippen molar-refractivity contribution in [2.45, 2.75) is 26.7 Å². The lowest BCUT2D eigenvalue weighted by Crippen LogP contribution is -2.29. The molecule has 0 atom stereocenters. The molecule has 0 radical (unpaired) electrons. The van der Waals surface area contributed by atoms with E-state index in [1.165, 1.54) is 24.3 Å². The molecule has 6 nitrogen and oxygen atoms in total. The van der Waals surface area contributed by atoms with Gasteiger partial charge in [0.05, 0.1) is 12.2 Å². The Bertz CT molecular complexity index is 780. The summed E-state index contributed by atoms with van der Waals surface area (Å²) >= 11 is 0. The van der Waals surface area contributed by atoms with Crippen LogP contribution < -0.4 is 10.6 Å². The first-order chi connectivity index (χ1) is 12.4. The van der Waals surface area contributed by atoms with Gasteiger partial charge in [0.2, 0.25) is 0 Å². The number of benzene rings is 2. The van der Waals surface area contributed by atoms with Gasteiger partial charge in [-0.3, -0.25) is 9.59 Å². The fourth-order valence-electron chi connectivity index (χ4n) is 2.23. The van der Waals surface area contributed by atoms with Crippen molar-refractivity contribution in [1.82, 2.24) is 0 Å². The van der Waals surface area contributed by atoms with Gasteiger partial charge in [0.1, 0.15) is 0 Å². The average Bonchev–Trinajstić information content (AvgIpc) is 2.63. The summed E-state index contributed by atoms with van der Waals surface area (Å²) in [6.07, 6.45) is 0. The third-order valence-corrected chi connectivity index (χ3v) is 3.70. The Labute approximate surface area is 152 Å². The number of carbonyl (C=O) groups is 3. The standard InChI is InChI=1S/C20H22N2O4/c1-4-26-20(25)15-7-11-17(12-8-15)22-19(24)18(23)21-16-9-5-14(6-10-16)13(2)3/h5-13H,4H2,1-3H3,(H,21,23)(H,22,24). The Morgan fingerprint density at radius 3 is 1.73 bits per heavy atom. The van der Waals surface area contributed by atoms with E-state index in [2.05, 4.69) is 24.5 Å². The minimum absolute atomic E-state index is 0.287. The quantitative estimate of drug-likeness (QED) is 0.635. The summed E-state index contributed by atoms with van der Waals surface area (Å²) < 4.78 is 4.89. The van der Waals surface area contributed by atoms with Crippen molar-refractivity contribution in [3.05, 3.63) is 59.7 Å². The molecule has 2 aromatic rings. The van der Waals surface area contributed by atoms with Gasteiger partial charge in [0, 0.05) is 11.4 Å². The Morgan fingerprint density at radius 2 is 1.31 bits per heavy atom. The van der Waals surface area contributed by atoms with Crippen LogP contribution in [0.15, 0.2) is 48.5 Å². The van der Waals surface area contributed by atoms with Crippen molar-refractivity contribution in [2.24, 2.45) is 0 Å². The molecule has 0 spiro atoms. The highest BCUT2D eigenvalue weighted by Gasteiger charge is 2.15. The highest BCUT2D eigenvalue weighted by molar-refractivity contribution is 6.43. The van der Waals surface area contributed by atoms with Crippen LogP contribution in [0.4, 0.5) is 11.4 Å². The van der Waals surface area contributed by atoms with Crippen molar-refractivity contribution < 1.29 is 19.1 Å². The zero-order valence-corrected chi connectivity index (χ0v) is 15.0. The molecule has 0 aliphatic rings. The summed E-state index contributed by atoms with van der Waals surface area (Å²) in [6, 6.07) is 13.5. The molecular weight excluding hydrogens is 332 g/mol. The van der Waals surface area contributed by atoms with E-state index in [1.807, 2.05) is 12.1 Å². The molecule has 6 heteroatoms. The SMILES string of the molecule is CCOC(=O)c1ccc(NC(=O)C(=O)Nc2ccc(C(C)C)cc2)cc1. The van der Waals surface area contributed by atoms with Crippen molar-refractivity contribution in [3.8, 4) is 0 Å². The Kier molecular flexibility index (Phi) is 6.49. The lowest BCUT2D eigenvalue weighted by atomic mass is 10.0. The number of hydrogen-bond donors (Lipinski definition) is 2. The Hall–Kier alpha value is -3.15. The Balaban J connectivity index is 1.94. The minimum Gasteiger partial charge on any atom is -0.462 e. The smallest absolute Gasteiger partial charge is 0.338 e. The summed E-state index contributed by atoms with van der Waals surface area (Å²) in [7, 11) is 0. The number of ether oxygens (including phenoxy) is 1. The van der Waals surface area contributed by atoms with E-state index < -0.39 is 17.8 Å². The van der Waals surface area contributed by atoms with Crippen molar-refractivity contribution in [2.75, 3.05) is 17.2 Å². The van der Waals surface area contributed by atoms with E-state index in [0.717, 1.165) is 5.56 Å². The van der Waals surface area contributed by atoms with Gasteiger partial charge in [0.25, 0.3) is 0 Å². The summed E-state index contributed by atoms with van der Waals surface area (Å²) in [6.45, 7) is 6.17. The van der Waals surface area contributed by atoms with Crippen LogP contribution in [0.1, 0.15) is 42.6 Å².